The lowest BCUT2D eigenvalue weighted by molar-refractivity contribution is -0.138. The highest BCUT2D eigenvalue weighted by molar-refractivity contribution is 7.14. The first-order valence-electron chi connectivity index (χ1n) is 7.65. The lowest BCUT2D eigenvalue weighted by Crippen LogP contribution is -2.31. The fourth-order valence-electron chi connectivity index (χ4n) is 2.72. The zero-order valence-electron chi connectivity index (χ0n) is 13.2. The first kappa shape index (κ1) is 15.7. The van der Waals surface area contributed by atoms with Crippen LogP contribution in [0, 0.1) is 0 Å². The Bertz CT molecular complexity index is 700. The number of carbonyl (C=O) groups is 2. The van der Waals surface area contributed by atoms with Crippen LogP contribution in [0.3, 0.4) is 0 Å². The maximum atomic E-state index is 12.5. The Morgan fingerprint density at radius 2 is 1.91 bits per heavy atom. The van der Waals surface area contributed by atoms with Crippen molar-refractivity contribution in [3.05, 3.63) is 57.3 Å². The quantitative estimate of drug-likeness (QED) is 0.809. The average molecular weight is 329 g/mol. The molecule has 5 heteroatoms. The molecule has 1 amide bonds. The van der Waals surface area contributed by atoms with Crippen molar-refractivity contribution in [2.75, 3.05) is 14.1 Å². The largest absolute Gasteiger partial charge is 0.443 e. The minimum Gasteiger partial charge on any atom is -0.443 e. The first-order chi connectivity index (χ1) is 11.1. The van der Waals surface area contributed by atoms with Crippen LogP contribution >= 0.6 is 11.3 Å². The molecular weight excluding hydrogens is 310 g/mol. The van der Waals surface area contributed by atoms with E-state index in [0.717, 1.165) is 19.3 Å². The van der Waals surface area contributed by atoms with Gasteiger partial charge in [-0.05, 0) is 30.9 Å². The van der Waals surface area contributed by atoms with Gasteiger partial charge in [-0.3, -0.25) is 4.79 Å². The number of hydrogen-bond donors (Lipinski definition) is 0. The van der Waals surface area contributed by atoms with Crippen molar-refractivity contribution in [2.45, 2.75) is 25.4 Å². The molecule has 4 nitrogen and oxygen atoms in total. The van der Waals surface area contributed by atoms with Gasteiger partial charge in [0.05, 0.1) is 0 Å². The van der Waals surface area contributed by atoms with Crippen LogP contribution in [-0.4, -0.2) is 30.9 Å². The van der Waals surface area contributed by atoms with Gasteiger partial charge in [0.1, 0.15) is 4.88 Å². The van der Waals surface area contributed by atoms with Crippen molar-refractivity contribution in [3.63, 3.8) is 0 Å². The number of hydrogen-bond acceptors (Lipinski definition) is 4. The minimum absolute atomic E-state index is 0.242. The van der Waals surface area contributed by atoms with Gasteiger partial charge < -0.3 is 9.64 Å². The van der Waals surface area contributed by atoms with Gasteiger partial charge in [-0.1, -0.05) is 30.3 Å². The first-order valence-corrected chi connectivity index (χ1v) is 8.46. The summed E-state index contributed by atoms with van der Waals surface area (Å²) in [4.78, 5) is 28.2. The van der Waals surface area contributed by atoms with E-state index in [1.165, 1.54) is 26.7 Å². The van der Waals surface area contributed by atoms with E-state index in [4.69, 9.17) is 4.74 Å². The molecule has 2 aromatic rings. The van der Waals surface area contributed by atoms with E-state index in [-0.39, 0.29) is 5.91 Å². The van der Waals surface area contributed by atoms with Gasteiger partial charge in [0.25, 0.3) is 5.91 Å². The fourth-order valence-corrected chi connectivity index (χ4v) is 3.85. The molecule has 0 bridgehead atoms. The van der Waals surface area contributed by atoms with E-state index in [1.807, 2.05) is 24.3 Å². The molecule has 0 radical (unpaired) electrons. The molecule has 23 heavy (non-hydrogen) atoms. The predicted molar refractivity (Wildman–Crippen MR) is 89.6 cm³/mol. The molecule has 0 spiro atoms. The van der Waals surface area contributed by atoms with Crippen molar-refractivity contribution in [2.24, 2.45) is 0 Å². The Morgan fingerprint density at radius 1 is 1.17 bits per heavy atom. The van der Waals surface area contributed by atoms with Gasteiger partial charge in [-0.25, -0.2) is 4.79 Å². The van der Waals surface area contributed by atoms with Crippen LogP contribution in [0.1, 0.15) is 38.2 Å². The van der Waals surface area contributed by atoms with Gasteiger partial charge in [-0.15, -0.1) is 11.3 Å². The molecule has 1 heterocycles. The third-order valence-corrected chi connectivity index (χ3v) is 5.16. The number of carbonyl (C=O) groups excluding carboxylic acids is 2. The SMILES string of the molecule is CN(C)C(=O)[C@@H](OC(=O)c1cc2c(s1)CCC2)c1ccccc1. The smallest absolute Gasteiger partial charge is 0.349 e. The summed E-state index contributed by atoms with van der Waals surface area (Å²) in [5.74, 6) is -0.665. The maximum absolute atomic E-state index is 12.5. The van der Waals surface area contributed by atoms with Crippen LogP contribution in [0.4, 0.5) is 0 Å². The molecule has 1 aromatic heterocycles. The Hall–Kier alpha value is -2.14. The number of likely N-dealkylation sites (N-methyl/N-ethyl adjacent to an activating group) is 1. The van der Waals surface area contributed by atoms with E-state index >= 15 is 0 Å². The predicted octanol–water partition coefficient (Wildman–Crippen LogP) is 3.22. The molecule has 0 fully saturated rings. The number of thiophene rings is 1. The van der Waals surface area contributed by atoms with E-state index in [9.17, 15) is 9.59 Å². The number of rotatable bonds is 4. The highest BCUT2D eigenvalue weighted by Crippen LogP contribution is 2.32. The Kier molecular flexibility index (Phi) is 4.48. The molecule has 0 unspecified atom stereocenters. The number of amides is 1. The molecule has 1 aliphatic carbocycles. The Balaban J connectivity index is 1.82. The molecule has 0 aliphatic heterocycles. The summed E-state index contributed by atoms with van der Waals surface area (Å²) < 4.78 is 5.56. The molecule has 1 aliphatic rings. The minimum atomic E-state index is -0.907. The standard InChI is InChI=1S/C18H19NO3S/c1-19(2)17(20)16(12-7-4-3-5-8-12)22-18(21)15-11-13-9-6-10-14(13)23-15/h3-5,7-8,11,16H,6,9-10H2,1-2H3/t16-/m0/s1. The van der Waals surface area contributed by atoms with E-state index in [2.05, 4.69) is 0 Å². The monoisotopic (exact) mass is 329 g/mol. The van der Waals surface area contributed by atoms with Crippen molar-refractivity contribution in [1.29, 1.82) is 0 Å². The third kappa shape index (κ3) is 3.29. The van der Waals surface area contributed by atoms with Crippen LogP contribution < -0.4 is 0 Å². The molecule has 1 atom stereocenters. The summed E-state index contributed by atoms with van der Waals surface area (Å²) in [6, 6.07) is 11.0. The fraction of sp³-hybridized carbons (Fsp3) is 0.333. The number of nitrogens with zero attached hydrogens (tertiary/aromatic N) is 1. The summed E-state index contributed by atoms with van der Waals surface area (Å²) in [6.45, 7) is 0. The number of aryl methyl sites for hydroxylation is 2. The number of benzene rings is 1. The second-order valence-corrected chi connectivity index (χ2v) is 6.98. The molecule has 0 saturated heterocycles. The number of esters is 1. The highest BCUT2D eigenvalue weighted by atomic mass is 32.1. The summed E-state index contributed by atoms with van der Waals surface area (Å²) in [5.41, 5.74) is 1.93. The molecule has 0 saturated carbocycles. The highest BCUT2D eigenvalue weighted by Gasteiger charge is 2.28. The van der Waals surface area contributed by atoms with Gasteiger partial charge in [-0.2, -0.15) is 0 Å². The second kappa shape index (κ2) is 6.54. The Morgan fingerprint density at radius 3 is 2.57 bits per heavy atom. The molecular formula is C18H19NO3S. The topological polar surface area (TPSA) is 46.6 Å². The lowest BCUT2D eigenvalue weighted by Gasteiger charge is -2.20. The molecule has 0 N–H and O–H groups in total. The average Bonchev–Trinajstić information content (AvgIpc) is 3.14. The van der Waals surface area contributed by atoms with Crippen LogP contribution in [0.5, 0.6) is 0 Å². The zero-order chi connectivity index (χ0) is 16.4. The molecule has 3 rings (SSSR count). The number of ether oxygens (including phenoxy) is 1. The van der Waals surface area contributed by atoms with Crippen LogP contribution in [0.15, 0.2) is 36.4 Å². The van der Waals surface area contributed by atoms with Crippen molar-refractivity contribution < 1.29 is 14.3 Å². The van der Waals surface area contributed by atoms with Gasteiger partial charge >= 0.3 is 5.97 Å². The van der Waals surface area contributed by atoms with Gasteiger partial charge in [0.2, 0.25) is 6.10 Å². The van der Waals surface area contributed by atoms with E-state index in [1.54, 1.807) is 26.2 Å². The van der Waals surface area contributed by atoms with E-state index in [0.29, 0.717) is 10.4 Å². The Labute approximate surface area is 139 Å². The van der Waals surface area contributed by atoms with Crippen molar-refractivity contribution in [1.82, 2.24) is 4.90 Å². The maximum Gasteiger partial charge on any atom is 0.349 e. The summed E-state index contributed by atoms with van der Waals surface area (Å²) in [5, 5.41) is 0. The summed E-state index contributed by atoms with van der Waals surface area (Å²) in [6.07, 6.45) is 2.31. The zero-order valence-corrected chi connectivity index (χ0v) is 14.1. The second-order valence-electron chi connectivity index (χ2n) is 5.84. The van der Waals surface area contributed by atoms with E-state index < -0.39 is 12.1 Å². The van der Waals surface area contributed by atoms with Crippen LogP contribution in [0.25, 0.3) is 0 Å². The van der Waals surface area contributed by atoms with Crippen LogP contribution in [0.2, 0.25) is 0 Å². The summed E-state index contributed by atoms with van der Waals surface area (Å²) in [7, 11) is 3.32. The lowest BCUT2D eigenvalue weighted by atomic mass is 10.1. The third-order valence-electron chi connectivity index (χ3n) is 3.94. The van der Waals surface area contributed by atoms with Crippen LogP contribution in [-0.2, 0) is 22.4 Å². The molecule has 120 valence electrons. The van der Waals surface area contributed by atoms with Crippen molar-refractivity contribution >= 4 is 23.2 Å². The van der Waals surface area contributed by atoms with Gasteiger partial charge in [0, 0.05) is 24.5 Å². The summed E-state index contributed by atoms with van der Waals surface area (Å²) >= 11 is 1.49. The van der Waals surface area contributed by atoms with Gasteiger partial charge in [0.15, 0.2) is 0 Å². The number of fused-ring (bicyclic) bond motifs is 1. The molecule has 1 aromatic carbocycles. The normalized spacial score (nSPS) is 14.2. The van der Waals surface area contributed by atoms with Crippen molar-refractivity contribution in [3.8, 4) is 0 Å².